The number of ether oxygens (including phenoxy) is 2. The first kappa shape index (κ1) is 15.5. The highest BCUT2D eigenvalue weighted by atomic mass is 32.2. The molecule has 0 radical (unpaired) electrons. The normalized spacial score (nSPS) is 11.1. The maximum atomic E-state index is 11.5. The molecule has 0 bridgehead atoms. The first-order valence-corrected chi connectivity index (χ1v) is 7.46. The summed E-state index contributed by atoms with van der Waals surface area (Å²) in [5.74, 6) is -0.125. The van der Waals surface area contributed by atoms with Crippen LogP contribution in [0.4, 0.5) is 0 Å². The minimum Gasteiger partial charge on any atom is -0.493 e. The third-order valence-corrected chi connectivity index (χ3v) is 3.23. The summed E-state index contributed by atoms with van der Waals surface area (Å²) < 4.78 is 31.5. The van der Waals surface area contributed by atoms with Crippen molar-refractivity contribution < 1.29 is 22.7 Å². The predicted molar refractivity (Wildman–Crippen MR) is 70.5 cm³/mol. The van der Waals surface area contributed by atoms with Gasteiger partial charge in [-0.2, -0.15) is 0 Å². The summed E-state index contributed by atoms with van der Waals surface area (Å²) in [6.07, 6.45) is 0.950. The number of para-hydroxylation sites is 1. The van der Waals surface area contributed by atoms with E-state index in [2.05, 4.69) is 4.74 Å². The second-order valence-electron chi connectivity index (χ2n) is 3.91. The molecule has 19 heavy (non-hydrogen) atoms. The minimum absolute atomic E-state index is 0.0744. The molecule has 1 aromatic rings. The molecule has 1 rings (SSSR count). The van der Waals surface area contributed by atoms with Gasteiger partial charge < -0.3 is 9.47 Å². The van der Waals surface area contributed by atoms with Crippen molar-refractivity contribution in [1.82, 2.24) is 0 Å². The van der Waals surface area contributed by atoms with Crippen LogP contribution in [-0.2, 0) is 14.8 Å². The number of sulfonamides is 1. The molecule has 7 heteroatoms. The second-order valence-corrected chi connectivity index (χ2v) is 5.64. The Hall–Kier alpha value is -1.60. The van der Waals surface area contributed by atoms with Crippen LogP contribution in [0.25, 0.3) is 0 Å². The van der Waals surface area contributed by atoms with E-state index in [1.165, 1.54) is 7.11 Å². The van der Waals surface area contributed by atoms with E-state index in [4.69, 9.17) is 9.88 Å². The zero-order valence-corrected chi connectivity index (χ0v) is 11.5. The van der Waals surface area contributed by atoms with Crippen molar-refractivity contribution in [2.24, 2.45) is 5.14 Å². The summed E-state index contributed by atoms with van der Waals surface area (Å²) in [6.45, 7) is 0.309. The molecule has 0 heterocycles. The molecule has 0 aliphatic rings. The summed E-state index contributed by atoms with van der Waals surface area (Å²) in [4.78, 5) is 11.5. The van der Waals surface area contributed by atoms with Crippen molar-refractivity contribution in [3.05, 3.63) is 29.8 Å². The quantitative estimate of drug-likeness (QED) is 0.594. The third-order valence-electron chi connectivity index (χ3n) is 2.37. The van der Waals surface area contributed by atoms with Crippen LogP contribution in [0.2, 0.25) is 0 Å². The van der Waals surface area contributed by atoms with Gasteiger partial charge in [0.25, 0.3) is 0 Å². The lowest BCUT2D eigenvalue weighted by atomic mass is 10.2. The number of unbranched alkanes of at least 4 members (excludes halogenated alkanes) is 1. The second kappa shape index (κ2) is 7.10. The Morgan fingerprint density at radius 3 is 2.58 bits per heavy atom. The summed E-state index contributed by atoms with van der Waals surface area (Å²) in [5.41, 5.74) is 0.344. The van der Waals surface area contributed by atoms with Crippen LogP contribution < -0.4 is 9.88 Å². The zero-order chi connectivity index (χ0) is 14.3. The summed E-state index contributed by atoms with van der Waals surface area (Å²) in [7, 11) is -2.13. The molecule has 0 unspecified atom stereocenters. The molecule has 0 aliphatic heterocycles. The number of hydrogen-bond acceptors (Lipinski definition) is 5. The summed E-state index contributed by atoms with van der Waals surface area (Å²) in [6, 6.07) is 6.71. The van der Waals surface area contributed by atoms with Crippen LogP contribution in [0.15, 0.2) is 24.3 Å². The van der Waals surface area contributed by atoms with Gasteiger partial charge in [-0.25, -0.2) is 18.4 Å². The molecule has 0 amide bonds. The van der Waals surface area contributed by atoms with Crippen LogP contribution in [0.1, 0.15) is 23.2 Å². The van der Waals surface area contributed by atoms with Crippen LogP contribution in [-0.4, -0.2) is 33.9 Å². The van der Waals surface area contributed by atoms with E-state index in [1.807, 2.05) is 0 Å². The molecule has 0 fully saturated rings. The first-order chi connectivity index (χ1) is 8.94. The van der Waals surface area contributed by atoms with Gasteiger partial charge in [-0.1, -0.05) is 12.1 Å². The van der Waals surface area contributed by atoms with Crippen molar-refractivity contribution in [3.8, 4) is 5.75 Å². The van der Waals surface area contributed by atoms with E-state index in [1.54, 1.807) is 24.3 Å². The molecule has 2 N–H and O–H groups in total. The van der Waals surface area contributed by atoms with Crippen LogP contribution >= 0.6 is 0 Å². The Morgan fingerprint density at radius 1 is 1.26 bits per heavy atom. The molecule has 0 spiro atoms. The molecular weight excluding hydrogens is 270 g/mol. The fraction of sp³-hybridized carbons (Fsp3) is 0.417. The van der Waals surface area contributed by atoms with E-state index < -0.39 is 16.0 Å². The monoisotopic (exact) mass is 287 g/mol. The number of nitrogens with two attached hydrogens (primary N) is 1. The number of carbonyl (C=O) groups is 1. The predicted octanol–water partition coefficient (Wildman–Crippen LogP) is 0.921. The molecule has 0 aromatic heterocycles. The van der Waals surface area contributed by atoms with E-state index in [0.717, 1.165) is 0 Å². The van der Waals surface area contributed by atoms with Gasteiger partial charge in [0.15, 0.2) is 0 Å². The summed E-state index contributed by atoms with van der Waals surface area (Å²) in [5, 5.41) is 4.88. The Balaban J connectivity index is 2.47. The van der Waals surface area contributed by atoms with Gasteiger partial charge in [0.1, 0.15) is 11.3 Å². The highest BCUT2D eigenvalue weighted by Gasteiger charge is 2.11. The van der Waals surface area contributed by atoms with Crippen molar-refractivity contribution >= 4 is 16.0 Å². The Morgan fingerprint density at radius 2 is 1.95 bits per heavy atom. The lowest BCUT2D eigenvalue weighted by molar-refractivity contribution is 0.0596. The highest BCUT2D eigenvalue weighted by molar-refractivity contribution is 7.89. The van der Waals surface area contributed by atoms with E-state index in [0.29, 0.717) is 30.8 Å². The van der Waals surface area contributed by atoms with Gasteiger partial charge >= 0.3 is 5.97 Å². The van der Waals surface area contributed by atoms with Crippen molar-refractivity contribution in [1.29, 1.82) is 0 Å². The zero-order valence-electron chi connectivity index (χ0n) is 10.7. The lowest BCUT2D eigenvalue weighted by Crippen LogP contribution is -2.17. The van der Waals surface area contributed by atoms with E-state index in [-0.39, 0.29) is 5.75 Å². The fourth-order valence-corrected chi connectivity index (χ4v) is 2.07. The van der Waals surface area contributed by atoms with Crippen LogP contribution in [0.5, 0.6) is 5.75 Å². The topological polar surface area (TPSA) is 95.7 Å². The molecule has 0 atom stereocenters. The Labute approximate surface area is 112 Å². The third kappa shape index (κ3) is 5.71. The summed E-state index contributed by atoms with van der Waals surface area (Å²) >= 11 is 0. The number of rotatable bonds is 7. The number of primary sulfonamides is 1. The molecule has 0 saturated carbocycles. The van der Waals surface area contributed by atoms with Gasteiger partial charge in [-0.3, -0.25) is 0 Å². The smallest absolute Gasteiger partial charge is 0.341 e. The molecule has 0 saturated heterocycles. The number of carbonyl (C=O) groups excluding carboxylic acids is 1. The van der Waals surface area contributed by atoms with Crippen LogP contribution in [0, 0.1) is 0 Å². The SMILES string of the molecule is COC(=O)c1ccccc1OCCCCS(N)(=O)=O. The van der Waals surface area contributed by atoms with Crippen molar-refractivity contribution in [3.63, 3.8) is 0 Å². The van der Waals surface area contributed by atoms with Gasteiger partial charge in [0.05, 0.1) is 19.5 Å². The largest absolute Gasteiger partial charge is 0.493 e. The highest BCUT2D eigenvalue weighted by Crippen LogP contribution is 2.19. The van der Waals surface area contributed by atoms with Gasteiger partial charge in [0, 0.05) is 0 Å². The van der Waals surface area contributed by atoms with Crippen molar-refractivity contribution in [2.75, 3.05) is 19.5 Å². The number of benzene rings is 1. The molecule has 106 valence electrons. The van der Waals surface area contributed by atoms with Gasteiger partial charge in [-0.15, -0.1) is 0 Å². The maximum absolute atomic E-state index is 11.5. The van der Waals surface area contributed by atoms with E-state index >= 15 is 0 Å². The van der Waals surface area contributed by atoms with Crippen molar-refractivity contribution in [2.45, 2.75) is 12.8 Å². The Bertz CT molecular complexity index is 527. The maximum Gasteiger partial charge on any atom is 0.341 e. The standard InChI is InChI=1S/C12H17NO5S/c1-17-12(14)10-6-2-3-7-11(10)18-8-4-5-9-19(13,15)16/h2-3,6-7H,4-5,8-9H2,1H3,(H2,13,15,16). The van der Waals surface area contributed by atoms with Gasteiger partial charge in [0.2, 0.25) is 10.0 Å². The van der Waals surface area contributed by atoms with E-state index in [9.17, 15) is 13.2 Å². The number of methoxy groups -OCH3 is 1. The molecule has 6 nitrogen and oxygen atoms in total. The lowest BCUT2D eigenvalue weighted by Gasteiger charge is -2.09. The Kier molecular flexibility index (Phi) is 5.78. The van der Waals surface area contributed by atoms with Gasteiger partial charge in [-0.05, 0) is 25.0 Å². The molecule has 0 aliphatic carbocycles. The average Bonchev–Trinajstić information content (AvgIpc) is 2.36. The van der Waals surface area contributed by atoms with Crippen LogP contribution in [0.3, 0.4) is 0 Å². The number of hydrogen-bond donors (Lipinski definition) is 1. The minimum atomic E-state index is -3.42. The first-order valence-electron chi connectivity index (χ1n) is 5.74. The molecular formula is C12H17NO5S. The average molecular weight is 287 g/mol. The fourth-order valence-electron chi connectivity index (χ4n) is 1.46. The molecule has 1 aromatic carbocycles. The number of esters is 1.